The Labute approximate surface area is 149 Å². The number of ether oxygens (including phenoxy) is 1. The van der Waals surface area contributed by atoms with Crippen molar-refractivity contribution in [2.24, 2.45) is 0 Å². The van der Waals surface area contributed by atoms with Gasteiger partial charge < -0.3 is 15.4 Å². The van der Waals surface area contributed by atoms with Gasteiger partial charge in [-0.1, -0.05) is 18.2 Å². The molecule has 0 aliphatic rings. The predicted molar refractivity (Wildman–Crippen MR) is 99.6 cm³/mol. The summed E-state index contributed by atoms with van der Waals surface area (Å²) in [4.78, 5) is 13.0. The molecule has 2 N–H and O–H groups in total. The standard InChI is InChI=1S/C17H19BrN2O2S/c1-22-15-8-7-12(11-13(15)18)9-10-19-17(21)20-14-5-3-4-6-16(14)23-2/h3-8,11H,9-10H2,1-2H3,(H2,19,20,21). The number of carbonyl (C=O) groups is 1. The highest BCUT2D eigenvalue weighted by molar-refractivity contribution is 9.10. The number of carbonyl (C=O) groups excluding carboxylic acids is 1. The van der Waals surface area contributed by atoms with Gasteiger partial charge in [-0.25, -0.2) is 4.79 Å². The molecule has 6 heteroatoms. The van der Waals surface area contributed by atoms with E-state index in [0.717, 1.165) is 32.8 Å². The first-order valence-corrected chi connectivity index (χ1v) is 9.16. The first-order chi connectivity index (χ1) is 11.1. The van der Waals surface area contributed by atoms with Crippen molar-refractivity contribution in [1.82, 2.24) is 5.32 Å². The van der Waals surface area contributed by atoms with E-state index in [2.05, 4.69) is 26.6 Å². The topological polar surface area (TPSA) is 50.4 Å². The minimum Gasteiger partial charge on any atom is -0.496 e. The Kier molecular flexibility index (Phi) is 6.80. The number of hydrogen-bond acceptors (Lipinski definition) is 3. The van der Waals surface area contributed by atoms with Crippen molar-refractivity contribution >= 4 is 39.4 Å². The van der Waals surface area contributed by atoms with Crippen molar-refractivity contribution in [3.8, 4) is 5.75 Å². The van der Waals surface area contributed by atoms with Crippen LogP contribution in [0.1, 0.15) is 5.56 Å². The quantitative estimate of drug-likeness (QED) is 0.706. The molecule has 2 rings (SSSR count). The maximum absolute atomic E-state index is 12.0. The molecule has 0 unspecified atom stereocenters. The summed E-state index contributed by atoms with van der Waals surface area (Å²) >= 11 is 5.06. The third-order valence-corrected chi connectivity index (χ3v) is 4.69. The molecule has 4 nitrogen and oxygen atoms in total. The van der Waals surface area contributed by atoms with Crippen LogP contribution in [-0.2, 0) is 6.42 Å². The van der Waals surface area contributed by atoms with Crippen molar-refractivity contribution in [3.63, 3.8) is 0 Å². The van der Waals surface area contributed by atoms with Crippen LogP contribution >= 0.6 is 27.7 Å². The fourth-order valence-electron chi connectivity index (χ4n) is 2.10. The molecule has 0 heterocycles. The second-order valence-corrected chi connectivity index (χ2v) is 6.50. The van der Waals surface area contributed by atoms with Crippen LogP contribution in [0.25, 0.3) is 0 Å². The first kappa shape index (κ1) is 17.7. The lowest BCUT2D eigenvalue weighted by Gasteiger charge is -2.11. The molecule has 2 amide bonds. The molecule has 0 spiro atoms. The Hall–Kier alpha value is -1.66. The molecule has 23 heavy (non-hydrogen) atoms. The molecule has 0 bridgehead atoms. The highest BCUT2D eigenvalue weighted by Gasteiger charge is 2.06. The van der Waals surface area contributed by atoms with Crippen LogP contribution < -0.4 is 15.4 Å². The SMILES string of the molecule is COc1ccc(CCNC(=O)Nc2ccccc2SC)cc1Br. The lowest BCUT2D eigenvalue weighted by atomic mass is 10.1. The molecule has 122 valence electrons. The number of benzene rings is 2. The zero-order valence-electron chi connectivity index (χ0n) is 13.1. The minimum atomic E-state index is -0.195. The summed E-state index contributed by atoms with van der Waals surface area (Å²) in [5, 5.41) is 5.75. The zero-order valence-corrected chi connectivity index (χ0v) is 15.5. The first-order valence-electron chi connectivity index (χ1n) is 7.14. The molecule has 2 aromatic carbocycles. The number of urea groups is 1. The van der Waals surface area contributed by atoms with Crippen LogP contribution in [0.2, 0.25) is 0 Å². The summed E-state index contributed by atoms with van der Waals surface area (Å²) in [7, 11) is 1.64. The monoisotopic (exact) mass is 394 g/mol. The van der Waals surface area contributed by atoms with Gasteiger partial charge in [0, 0.05) is 11.4 Å². The van der Waals surface area contributed by atoms with Crippen LogP contribution in [0.5, 0.6) is 5.75 Å². The maximum Gasteiger partial charge on any atom is 0.319 e. The van der Waals surface area contributed by atoms with E-state index in [1.807, 2.05) is 48.7 Å². The van der Waals surface area contributed by atoms with Crippen molar-refractivity contribution < 1.29 is 9.53 Å². The number of halogens is 1. The summed E-state index contributed by atoms with van der Waals surface area (Å²) < 4.78 is 6.12. The Morgan fingerprint density at radius 3 is 2.74 bits per heavy atom. The van der Waals surface area contributed by atoms with E-state index in [-0.39, 0.29) is 6.03 Å². The fraction of sp³-hybridized carbons (Fsp3) is 0.235. The van der Waals surface area contributed by atoms with Crippen molar-refractivity contribution in [3.05, 3.63) is 52.5 Å². The van der Waals surface area contributed by atoms with Gasteiger partial charge in [-0.2, -0.15) is 0 Å². The smallest absolute Gasteiger partial charge is 0.319 e. The summed E-state index contributed by atoms with van der Waals surface area (Å²) in [6.07, 6.45) is 2.74. The normalized spacial score (nSPS) is 10.2. The third kappa shape index (κ3) is 5.18. The van der Waals surface area contributed by atoms with Gasteiger partial charge in [0.15, 0.2) is 0 Å². The average Bonchev–Trinajstić information content (AvgIpc) is 2.55. The molecule has 0 atom stereocenters. The van der Waals surface area contributed by atoms with Crippen LogP contribution in [0.4, 0.5) is 10.5 Å². The highest BCUT2D eigenvalue weighted by Crippen LogP contribution is 2.26. The van der Waals surface area contributed by atoms with Crippen molar-refractivity contribution in [1.29, 1.82) is 0 Å². The third-order valence-electron chi connectivity index (χ3n) is 3.27. The van der Waals surface area contributed by atoms with E-state index in [1.54, 1.807) is 18.9 Å². The molecular weight excluding hydrogens is 376 g/mol. The summed E-state index contributed by atoms with van der Waals surface area (Å²) in [5.41, 5.74) is 1.95. The molecule has 0 aromatic heterocycles. The lowest BCUT2D eigenvalue weighted by molar-refractivity contribution is 0.252. The maximum atomic E-state index is 12.0. The van der Waals surface area contributed by atoms with E-state index in [1.165, 1.54) is 0 Å². The van der Waals surface area contributed by atoms with Gasteiger partial charge in [-0.05, 0) is 58.4 Å². The molecular formula is C17H19BrN2O2S. The number of anilines is 1. The van der Waals surface area contributed by atoms with Gasteiger partial charge in [0.2, 0.25) is 0 Å². The summed E-state index contributed by atoms with van der Waals surface area (Å²) in [6, 6.07) is 13.4. The number of para-hydroxylation sites is 1. The second kappa shape index (κ2) is 8.84. The predicted octanol–water partition coefficient (Wildman–Crippen LogP) is 4.54. The summed E-state index contributed by atoms with van der Waals surface area (Å²) in [6.45, 7) is 0.562. The van der Waals surface area contributed by atoms with Gasteiger partial charge in [-0.15, -0.1) is 11.8 Å². The average molecular weight is 395 g/mol. The van der Waals surface area contributed by atoms with Crippen molar-refractivity contribution in [2.75, 3.05) is 25.2 Å². The fourth-order valence-corrected chi connectivity index (χ4v) is 3.24. The van der Waals surface area contributed by atoms with Gasteiger partial charge >= 0.3 is 6.03 Å². The Bertz CT molecular complexity index is 679. The molecule has 0 aliphatic heterocycles. The van der Waals surface area contributed by atoms with E-state index in [4.69, 9.17) is 4.74 Å². The Morgan fingerprint density at radius 2 is 2.04 bits per heavy atom. The molecule has 2 aromatic rings. The zero-order chi connectivity index (χ0) is 16.7. The van der Waals surface area contributed by atoms with Crippen LogP contribution in [-0.4, -0.2) is 25.9 Å². The number of thioether (sulfide) groups is 1. The van der Waals surface area contributed by atoms with E-state index in [0.29, 0.717) is 6.54 Å². The Morgan fingerprint density at radius 1 is 1.26 bits per heavy atom. The number of methoxy groups -OCH3 is 1. The van der Waals surface area contributed by atoms with Crippen LogP contribution in [0, 0.1) is 0 Å². The number of amides is 2. The largest absolute Gasteiger partial charge is 0.496 e. The number of nitrogens with one attached hydrogen (secondary N) is 2. The second-order valence-electron chi connectivity index (χ2n) is 4.80. The van der Waals surface area contributed by atoms with Crippen LogP contribution in [0.15, 0.2) is 51.8 Å². The molecule has 0 aliphatic carbocycles. The van der Waals surface area contributed by atoms with Gasteiger partial charge in [0.05, 0.1) is 17.3 Å². The number of rotatable bonds is 6. The van der Waals surface area contributed by atoms with Crippen LogP contribution in [0.3, 0.4) is 0 Å². The Balaban J connectivity index is 1.84. The molecule has 0 radical (unpaired) electrons. The minimum absolute atomic E-state index is 0.195. The van der Waals surface area contributed by atoms with Gasteiger partial charge in [-0.3, -0.25) is 0 Å². The lowest BCUT2D eigenvalue weighted by Crippen LogP contribution is -2.30. The van der Waals surface area contributed by atoms with E-state index in [9.17, 15) is 4.79 Å². The van der Waals surface area contributed by atoms with Gasteiger partial charge in [0.1, 0.15) is 5.75 Å². The van der Waals surface area contributed by atoms with E-state index >= 15 is 0 Å². The van der Waals surface area contributed by atoms with Gasteiger partial charge in [0.25, 0.3) is 0 Å². The molecule has 0 fully saturated rings. The highest BCUT2D eigenvalue weighted by atomic mass is 79.9. The summed E-state index contributed by atoms with van der Waals surface area (Å²) in [5.74, 6) is 0.799. The number of hydrogen-bond donors (Lipinski definition) is 2. The molecule has 0 saturated heterocycles. The van der Waals surface area contributed by atoms with Crippen molar-refractivity contribution in [2.45, 2.75) is 11.3 Å². The van der Waals surface area contributed by atoms with E-state index < -0.39 is 0 Å². The molecule has 0 saturated carbocycles.